The number of anilines is 1. The van der Waals surface area contributed by atoms with Crippen LogP contribution in [0, 0.1) is 6.92 Å². The topological polar surface area (TPSA) is 59.4 Å². The number of hydrazone groups is 1. The monoisotopic (exact) mass is 306 g/mol. The zero-order valence-corrected chi connectivity index (χ0v) is 13.2. The number of nitrogens with zero attached hydrogens (tertiary/aromatic N) is 3. The average Bonchev–Trinajstić information content (AvgIpc) is 2.55. The molecule has 2 aromatic heterocycles. The molecule has 0 bridgehead atoms. The predicted octanol–water partition coefficient (Wildman–Crippen LogP) is 3.78. The summed E-state index contributed by atoms with van der Waals surface area (Å²) in [6.07, 6.45) is 5.24. The van der Waals surface area contributed by atoms with Crippen LogP contribution in [-0.2, 0) is 0 Å². The van der Waals surface area contributed by atoms with Crippen molar-refractivity contribution in [2.45, 2.75) is 13.8 Å². The smallest absolute Gasteiger partial charge is 0.121 e. The molecule has 1 N–H and O–H groups in total. The lowest BCUT2D eigenvalue weighted by molar-refractivity contribution is 0.340. The molecule has 3 aromatic rings. The summed E-state index contributed by atoms with van der Waals surface area (Å²) in [4.78, 5) is 8.55. The first kappa shape index (κ1) is 15.0. The Bertz CT molecular complexity index is 831. The van der Waals surface area contributed by atoms with E-state index in [0.29, 0.717) is 6.61 Å². The number of pyridine rings is 2. The summed E-state index contributed by atoms with van der Waals surface area (Å²) in [6.45, 7) is 4.57. The van der Waals surface area contributed by atoms with Crippen molar-refractivity contribution in [1.82, 2.24) is 9.97 Å². The van der Waals surface area contributed by atoms with E-state index in [1.807, 2.05) is 50.2 Å². The Morgan fingerprint density at radius 2 is 2.00 bits per heavy atom. The maximum atomic E-state index is 5.54. The molecular weight excluding hydrogens is 288 g/mol. The van der Waals surface area contributed by atoms with Gasteiger partial charge in [-0.25, -0.2) is 0 Å². The third kappa shape index (κ3) is 3.63. The summed E-state index contributed by atoms with van der Waals surface area (Å²) in [5, 5.41) is 5.31. The van der Waals surface area contributed by atoms with Crippen LogP contribution in [0.15, 0.2) is 53.9 Å². The number of rotatable bonds is 5. The minimum Gasteiger partial charge on any atom is -0.494 e. The highest BCUT2D eigenvalue weighted by molar-refractivity contribution is 5.92. The van der Waals surface area contributed by atoms with Crippen LogP contribution in [0.2, 0.25) is 0 Å². The van der Waals surface area contributed by atoms with Crippen LogP contribution in [0.3, 0.4) is 0 Å². The summed E-state index contributed by atoms with van der Waals surface area (Å²) < 4.78 is 5.54. The lowest BCUT2D eigenvalue weighted by atomic mass is 10.1. The SMILES string of the molecule is CCOc1ccc2c(N/N=C/c3ccncc3)cc(C)nc2c1. The van der Waals surface area contributed by atoms with Crippen molar-refractivity contribution < 1.29 is 4.74 Å². The Morgan fingerprint density at radius 1 is 1.17 bits per heavy atom. The molecule has 5 nitrogen and oxygen atoms in total. The fourth-order valence-corrected chi connectivity index (χ4v) is 2.32. The van der Waals surface area contributed by atoms with Crippen LogP contribution in [0.4, 0.5) is 5.69 Å². The summed E-state index contributed by atoms with van der Waals surface area (Å²) in [5.41, 5.74) is 6.81. The van der Waals surface area contributed by atoms with E-state index in [4.69, 9.17) is 4.74 Å². The van der Waals surface area contributed by atoms with Gasteiger partial charge in [-0.1, -0.05) is 0 Å². The molecule has 5 heteroatoms. The lowest BCUT2D eigenvalue weighted by Gasteiger charge is -2.09. The quantitative estimate of drug-likeness (QED) is 0.575. The predicted molar refractivity (Wildman–Crippen MR) is 93.1 cm³/mol. The first-order valence-electron chi connectivity index (χ1n) is 7.49. The largest absolute Gasteiger partial charge is 0.494 e. The molecule has 0 saturated heterocycles. The Labute approximate surface area is 135 Å². The molecule has 0 aliphatic heterocycles. The Morgan fingerprint density at radius 3 is 2.78 bits per heavy atom. The molecule has 0 radical (unpaired) electrons. The molecule has 0 saturated carbocycles. The van der Waals surface area contributed by atoms with Gasteiger partial charge in [-0.15, -0.1) is 0 Å². The van der Waals surface area contributed by atoms with Gasteiger partial charge in [-0.05, 0) is 49.7 Å². The molecular formula is C18H18N4O. The highest BCUT2D eigenvalue weighted by Gasteiger charge is 2.05. The number of ether oxygens (including phenoxy) is 1. The van der Waals surface area contributed by atoms with E-state index in [9.17, 15) is 0 Å². The van der Waals surface area contributed by atoms with Crippen molar-refractivity contribution >= 4 is 22.8 Å². The molecule has 0 aliphatic carbocycles. The minimum atomic E-state index is 0.638. The number of hydrogen-bond donors (Lipinski definition) is 1. The fraction of sp³-hybridized carbons (Fsp3) is 0.167. The van der Waals surface area contributed by atoms with Gasteiger partial charge in [0.05, 0.1) is 24.0 Å². The third-order valence-electron chi connectivity index (χ3n) is 3.33. The first-order valence-corrected chi connectivity index (χ1v) is 7.49. The average molecular weight is 306 g/mol. The van der Waals surface area contributed by atoms with E-state index < -0.39 is 0 Å². The second kappa shape index (κ2) is 6.87. The molecule has 0 spiro atoms. The van der Waals surface area contributed by atoms with Crippen molar-refractivity contribution in [2.24, 2.45) is 5.10 Å². The number of nitrogens with one attached hydrogen (secondary N) is 1. The van der Waals surface area contributed by atoms with Gasteiger partial charge in [0.25, 0.3) is 0 Å². The highest BCUT2D eigenvalue weighted by atomic mass is 16.5. The Kier molecular flexibility index (Phi) is 4.47. The second-order valence-electron chi connectivity index (χ2n) is 5.07. The Hall–Kier alpha value is -2.95. The van der Waals surface area contributed by atoms with E-state index >= 15 is 0 Å². The van der Waals surface area contributed by atoms with Crippen molar-refractivity contribution in [3.05, 3.63) is 60.0 Å². The van der Waals surface area contributed by atoms with Gasteiger partial charge in [0.2, 0.25) is 0 Å². The number of aryl methyl sites for hydroxylation is 1. The summed E-state index contributed by atoms with van der Waals surface area (Å²) >= 11 is 0. The molecule has 3 rings (SSSR count). The van der Waals surface area contributed by atoms with Crippen LogP contribution in [-0.4, -0.2) is 22.8 Å². The van der Waals surface area contributed by atoms with Crippen molar-refractivity contribution in [1.29, 1.82) is 0 Å². The van der Waals surface area contributed by atoms with Crippen molar-refractivity contribution in [3.63, 3.8) is 0 Å². The van der Waals surface area contributed by atoms with E-state index in [1.54, 1.807) is 18.6 Å². The molecule has 0 fully saturated rings. The lowest BCUT2D eigenvalue weighted by Crippen LogP contribution is -1.96. The molecule has 116 valence electrons. The van der Waals surface area contributed by atoms with Gasteiger partial charge in [0, 0.05) is 29.5 Å². The molecule has 23 heavy (non-hydrogen) atoms. The fourth-order valence-electron chi connectivity index (χ4n) is 2.32. The van der Waals surface area contributed by atoms with Gasteiger partial charge in [0.15, 0.2) is 0 Å². The van der Waals surface area contributed by atoms with E-state index in [2.05, 4.69) is 20.5 Å². The minimum absolute atomic E-state index is 0.638. The van der Waals surface area contributed by atoms with Gasteiger partial charge in [-0.3, -0.25) is 15.4 Å². The maximum absolute atomic E-state index is 5.54. The van der Waals surface area contributed by atoms with Crippen molar-refractivity contribution in [3.8, 4) is 5.75 Å². The highest BCUT2D eigenvalue weighted by Crippen LogP contribution is 2.26. The van der Waals surface area contributed by atoms with E-state index in [-0.39, 0.29) is 0 Å². The molecule has 2 heterocycles. The Balaban J connectivity index is 1.89. The second-order valence-corrected chi connectivity index (χ2v) is 5.07. The third-order valence-corrected chi connectivity index (χ3v) is 3.33. The maximum Gasteiger partial charge on any atom is 0.121 e. The van der Waals surface area contributed by atoms with Crippen LogP contribution in [0.1, 0.15) is 18.2 Å². The number of fused-ring (bicyclic) bond motifs is 1. The molecule has 0 aliphatic rings. The van der Waals surface area contributed by atoms with Gasteiger partial charge < -0.3 is 4.74 Å². The summed E-state index contributed by atoms with van der Waals surface area (Å²) in [7, 11) is 0. The zero-order chi connectivity index (χ0) is 16.1. The van der Waals surface area contributed by atoms with Gasteiger partial charge in [0.1, 0.15) is 5.75 Å². The molecule has 1 aromatic carbocycles. The molecule has 0 amide bonds. The standard InChI is InChI=1S/C18H18N4O/c1-3-23-15-4-5-16-17(11-15)21-13(2)10-18(16)22-20-12-14-6-8-19-9-7-14/h4-12H,3H2,1-2H3,(H,21,22)/b20-12+. The van der Waals surface area contributed by atoms with Gasteiger partial charge in [-0.2, -0.15) is 5.10 Å². The normalized spacial score (nSPS) is 11.0. The summed E-state index contributed by atoms with van der Waals surface area (Å²) in [6, 6.07) is 11.7. The number of benzene rings is 1. The van der Waals surface area contributed by atoms with Crippen LogP contribution in [0.5, 0.6) is 5.75 Å². The van der Waals surface area contributed by atoms with Crippen molar-refractivity contribution in [2.75, 3.05) is 12.0 Å². The molecule has 0 atom stereocenters. The van der Waals surface area contributed by atoms with E-state index in [1.165, 1.54) is 0 Å². The molecule has 0 unspecified atom stereocenters. The van der Waals surface area contributed by atoms with Crippen LogP contribution >= 0.6 is 0 Å². The zero-order valence-electron chi connectivity index (χ0n) is 13.2. The number of hydrogen-bond acceptors (Lipinski definition) is 5. The first-order chi connectivity index (χ1) is 11.3. The van der Waals surface area contributed by atoms with Gasteiger partial charge >= 0.3 is 0 Å². The summed E-state index contributed by atoms with van der Waals surface area (Å²) in [5.74, 6) is 0.823. The van der Waals surface area contributed by atoms with Crippen LogP contribution < -0.4 is 10.2 Å². The van der Waals surface area contributed by atoms with E-state index in [0.717, 1.165) is 33.6 Å². The van der Waals surface area contributed by atoms with Crippen LogP contribution in [0.25, 0.3) is 10.9 Å². The number of aromatic nitrogens is 2.